The quantitative estimate of drug-likeness (QED) is 0.757. The molecule has 0 aromatic carbocycles. The Labute approximate surface area is 134 Å². The number of aryl methyl sites for hydroxylation is 2. The highest BCUT2D eigenvalue weighted by Crippen LogP contribution is 2.21. The van der Waals surface area contributed by atoms with Gasteiger partial charge in [0.25, 0.3) is 0 Å². The first-order chi connectivity index (χ1) is 10.5. The van der Waals surface area contributed by atoms with E-state index in [0.717, 1.165) is 57.7 Å². The third-order valence-electron chi connectivity index (χ3n) is 4.83. The minimum absolute atomic E-state index is 0.0737. The van der Waals surface area contributed by atoms with Crippen LogP contribution in [0, 0.1) is 13.8 Å². The summed E-state index contributed by atoms with van der Waals surface area (Å²) in [7, 11) is 0. The molecule has 5 nitrogen and oxygen atoms in total. The smallest absolute Gasteiger partial charge is 0.0644 e. The summed E-state index contributed by atoms with van der Waals surface area (Å²) in [4.78, 5) is 2.46. The Balaban J connectivity index is 1.74. The number of piperidine rings is 1. The Morgan fingerprint density at radius 3 is 2.59 bits per heavy atom. The summed E-state index contributed by atoms with van der Waals surface area (Å²) in [6.07, 6.45) is 2.94. The lowest BCUT2D eigenvalue weighted by molar-refractivity contribution is 0.0820. The van der Waals surface area contributed by atoms with Gasteiger partial charge in [0.2, 0.25) is 0 Å². The van der Waals surface area contributed by atoms with Gasteiger partial charge in [0.1, 0.15) is 0 Å². The molecule has 1 saturated heterocycles. The summed E-state index contributed by atoms with van der Waals surface area (Å²) in [6, 6.07) is 0.350. The van der Waals surface area contributed by atoms with Gasteiger partial charge in [-0.05, 0) is 60.0 Å². The fraction of sp³-hybridized carbons (Fsp3) is 0.824. The highest BCUT2D eigenvalue weighted by atomic mass is 16.3. The molecule has 22 heavy (non-hydrogen) atoms. The minimum Gasteiger partial charge on any atom is -0.393 e. The lowest BCUT2D eigenvalue weighted by Gasteiger charge is -2.29. The molecule has 1 unspecified atom stereocenters. The molecule has 0 saturated carbocycles. The van der Waals surface area contributed by atoms with Gasteiger partial charge in [0.15, 0.2) is 0 Å². The molecular formula is C17H32N4O. The van der Waals surface area contributed by atoms with Crippen LogP contribution in [0.25, 0.3) is 0 Å². The van der Waals surface area contributed by atoms with E-state index in [1.807, 2.05) is 0 Å². The number of nitrogens with one attached hydrogen (secondary N) is 1. The largest absolute Gasteiger partial charge is 0.393 e. The number of aromatic nitrogens is 2. The third kappa shape index (κ3) is 4.31. The Bertz CT molecular complexity index is 463. The molecule has 2 rings (SSSR count). The molecule has 1 aliphatic heterocycles. The van der Waals surface area contributed by atoms with Crippen molar-refractivity contribution in [1.29, 1.82) is 0 Å². The molecule has 0 aliphatic carbocycles. The van der Waals surface area contributed by atoms with Crippen LogP contribution in [0.4, 0.5) is 0 Å². The Morgan fingerprint density at radius 2 is 2.00 bits per heavy atom. The maximum Gasteiger partial charge on any atom is 0.0644 e. The van der Waals surface area contributed by atoms with Crippen molar-refractivity contribution < 1.29 is 5.11 Å². The lowest BCUT2D eigenvalue weighted by atomic mass is 10.1. The van der Waals surface area contributed by atoms with Gasteiger partial charge in [-0.1, -0.05) is 0 Å². The van der Waals surface area contributed by atoms with E-state index < -0.39 is 0 Å². The van der Waals surface area contributed by atoms with Gasteiger partial charge in [-0.15, -0.1) is 0 Å². The van der Waals surface area contributed by atoms with Crippen LogP contribution in [0.5, 0.6) is 0 Å². The molecule has 0 amide bonds. The van der Waals surface area contributed by atoms with E-state index in [1.165, 1.54) is 11.3 Å². The van der Waals surface area contributed by atoms with Crippen LogP contribution in [0.1, 0.15) is 56.1 Å². The average molecular weight is 308 g/mol. The van der Waals surface area contributed by atoms with Crippen LogP contribution in [-0.4, -0.2) is 52.1 Å². The summed E-state index contributed by atoms with van der Waals surface area (Å²) in [5, 5.41) is 17.8. The fourth-order valence-corrected chi connectivity index (χ4v) is 3.51. The number of hydrogen-bond donors (Lipinski definition) is 2. The van der Waals surface area contributed by atoms with E-state index in [0.29, 0.717) is 6.04 Å². The van der Waals surface area contributed by atoms with E-state index in [4.69, 9.17) is 0 Å². The molecule has 126 valence electrons. The molecular weight excluding hydrogens is 276 g/mol. The first-order valence-electron chi connectivity index (χ1n) is 8.70. The van der Waals surface area contributed by atoms with Gasteiger partial charge in [0.05, 0.1) is 11.8 Å². The maximum absolute atomic E-state index is 9.52. The summed E-state index contributed by atoms with van der Waals surface area (Å²) < 4.78 is 2.09. The van der Waals surface area contributed by atoms with Gasteiger partial charge in [-0.3, -0.25) is 4.68 Å². The van der Waals surface area contributed by atoms with Crippen molar-refractivity contribution in [3.05, 3.63) is 17.0 Å². The summed E-state index contributed by atoms with van der Waals surface area (Å²) >= 11 is 0. The van der Waals surface area contributed by atoms with Crippen molar-refractivity contribution in [2.75, 3.05) is 26.2 Å². The Morgan fingerprint density at radius 1 is 1.32 bits per heavy atom. The molecule has 0 spiro atoms. The number of likely N-dealkylation sites (tertiary alicyclic amines) is 1. The van der Waals surface area contributed by atoms with Crippen molar-refractivity contribution in [3.63, 3.8) is 0 Å². The molecule has 5 heteroatoms. The summed E-state index contributed by atoms with van der Waals surface area (Å²) in [6.45, 7) is 13.8. The van der Waals surface area contributed by atoms with E-state index in [2.05, 4.69) is 47.7 Å². The van der Waals surface area contributed by atoms with Crippen molar-refractivity contribution in [2.45, 2.75) is 65.6 Å². The Kier molecular flexibility index (Phi) is 6.41. The monoisotopic (exact) mass is 308 g/mol. The van der Waals surface area contributed by atoms with Crippen LogP contribution in [0.2, 0.25) is 0 Å². The van der Waals surface area contributed by atoms with Gasteiger partial charge in [0, 0.05) is 36.9 Å². The molecule has 1 aliphatic rings. The molecule has 0 bridgehead atoms. The standard InChI is InChI=1S/C17H32N4O/c1-5-21-15(4)17(14(3)19-21)13(2)18-9-6-10-20-11-7-16(22)8-12-20/h13,16,18,22H,5-12H2,1-4H3. The highest BCUT2D eigenvalue weighted by molar-refractivity contribution is 5.27. The molecule has 1 aromatic rings. The number of aliphatic hydroxyl groups is 1. The zero-order valence-electron chi connectivity index (χ0n) is 14.6. The molecule has 2 heterocycles. The van der Waals surface area contributed by atoms with E-state index >= 15 is 0 Å². The van der Waals surface area contributed by atoms with Gasteiger partial charge >= 0.3 is 0 Å². The number of hydrogen-bond acceptors (Lipinski definition) is 4. The van der Waals surface area contributed by atoms with Crippen molar-refractivity contribution in [2.24, 2.45) is 0 Å². The predicted molar refractivity (Wildman–Crippen MR) is 90.1 cm³/mol. The second kappa shape index (κ2) is 8.09. The first kappa shape index (κ1) is 17.4. The van der Waals surface area contributed by atoms with Gasteiger partial charge < -0.3 is 15.3 Å². The highest BCUT2D eigenvalue weighted by Gasteiger charge is 2.18. The Hall–Kier alpha value is -0.910. The van der Waals surface area contributed by atoms with Crippen molar-refractivity contribution in [1.82, 2.24) is 20.0 Å². The zero-order valence-corrected chi connectivity index (χ0v) is 14.6. The summed E-state index contributed by atoms with van der Waals surface area (Å²) in [5.74, 6) is 0. The first-order valence-corrected chi connectivity index (χ1v) is 8.70. The maximum atomic E-state index is 9.52. The van der Waals surface area contributed by atoms with Crippen molar-refractivity contribution >= 4 is 0 Å². The second-order valence-electron chi connectivity index (χ2n) is 6.50. The van der Waals surface area contributed by atoms with Crippen LogP contribution >= 0.6 is 0 Å². The average Bonchev–Trinajstić information content (AvgIpc) is 2.79. The number of rotatable bonds is 7. The van der Waals surface area contributed by atoms with Crippen LogP contribution in [0.3, 0.4) is 0 Å². The third-order valence-corrected chi connectivity index (χ3v) is 4.83. The van der Waals surface area contributed by atoms with Crippen LogP contribution < -0.4 is 5.32 Å². The zero-order chi connectivity index (χ0) is 16.1. The SMILES string of the molecule is CCn1nc(C)c(C(C)NCCCN2CCC(O)CC2)c1C. The predicted octanol–water partition coefficient (Wildman–Crippen LogP) is 2.02. The molecule has 1 atom stereocenters. The molecule has 0 radical (unpaired) electrons. The van der Waals surface area contributed by atoms with Crippen LogP contribution in [0.15, 0.2) is 0 Å². The van der Waals surface area contributed by atoms with Crippen LogP contribution in [-0.2, 0) is 6.54 Å². The molecule has 2 N–H and O–H groups in total. The fourth-order valence-electron chi connectivity index (χ4n) is 3.51. The topological polar surface area (TPSA) is 53.3 Å². The van der Waals surface area contributed by atoms with Crippen molar-refractivity contribution in [3.8, 4) is 0 Å². The van der Waals surface area contributed by atoms with E-state index in [-0.39, 0.29) is 6.10 Å². The molecule has 1 aromatic heterocycles. The number of aliphatic hydroxyl groups excluding tert-OH is 1. The van der Waals surface area contributed by atoms with Gasteiger partial charge in [-0.25, -0.2) is 0 Å². The summed E-state index contributed by atoms with van der Waals surface area (Å²) in [5.41, 5.74) is 3.78. The van der Waals surface area contributed by atoms with Gasteiger partial charge in [-0.2, -0.15) is 5.10 Å². The lowest BCUT2D eigenvalue weighted by Crippen LogP contribution is -2.37. The van der Waals surface area contributed by atoms with E-state index in [1.54, 1.807) is 0 Å². The second-order valence-corrected chi connectivity index (χ2v) is 6.50. The molecule has 1 fully saturated rings. The number of nitrogens with zero attached hydrogens (tertiary/aromatic N) is 3. The van der Waals surface area contributed by atoms with E-state index in [9.17, 15) is 5.11 Å². The minimum atomic E-state index is -0.0737. The normalized spacial score (nSPS) is 18.8.